The summed E-state index contributed by atoms with van der Waals surface area (Å²) < 4.78 is 20.3. The Morgan fingerprint density at radius 2 is 1.76 bits per heavy atom. The summed E-state index contributed by atoms with van der Waals surface area (Å²) in [5.41, 5.74) is 0.453. The number of ether oxygens (including phenoxy) is 1. The van der Waals surface area contributed by atoms with Gasteiger partial charge in [-0.1, -0.05) is 35.5 Å². The lowest BCUT2D eigenvalue weighted by Gasteiger charge is -2.09. The van der Waals surface area contributed by atoms with Crippen molar-refractivity contribution in [3.05, 3.63) is 70.5 Å². The van der Waals surface area contributed by atoms with Crippen molar-refractivity contribution in [2.75, 3.05) is 0 Å². The summed E-state index contributed by atoms with van der Waals surface area (Å²) >= 11 is 10.9. The van der Waals surface area contributed by atoms with Gasteiger partial charge in [-0.15, -0.1) is 0 Å². The highest BCUT2D eigenvalue weighted by Crippen LogP contribution is 2.42. The molecule has 0 spiro atoms. The minimum absolute atomic E-state index is 0.0331. The first kappa shape index (κ1) is 22.1. The minimum Gasteiger partial charge on any atom is -0.500 e. The maximum absolute atomic E-state index is 11.5. The second kappa shape index (κ2) is 9.59. The first-order chi connectivity index (χ1) is 16.0. The number of phenolic OH excluding ortho intramolecular Hbond substituents is 1. The highest BCUT2D eigenvalue weighted by atomic mass is 35.5. The average Bonchev–Trinajstić information content (AvgIpc) is 3.33. The fourth-order valence-electron chi connectivity index (χ4n) is 2.90. The average molecular weight is 491 g/mol. The molecule has 0 saturated heterocycles. The van der Waals surface area contributed by atoms with Crippen LogP contribution in [-0.4, -0.2) is 25.2 Å². The number of nitro groups is 1. The van der Waals surface area contributed by atoms with Gasteiger partial charge in [-0.25, -0.2) is 0 Å². The van der Waals surface area contributed by atoms with Crippen LogP contribution in [0.25, 0.3) is 22.8 Å². The van der Waals surface area contributed by atoms with Gasteiger partial charge in [0.25, 0.3) is 5.89 Å². The van der Waals surface area contributed by atoms with E-state index in [4.69, 9.17) is 41.6 Å². The van der Waals surface area contributed by atoms with E-state index in [1.54, 1.807) is 12.1 Å². The summed E-state index contributed by atoms with van der Waals surface area (Å²) in [5.74, 6) is -0.862. The molecule has 0 bridgehead atoms. The summed E-state index contributed by atoms with van der Waals surface area (Å²) in [6.45, 7) is 0.0634. The number of aromatic nitrogens is 3. The molecule has 2 aromatic carbocycles. The zero-order chi connectivity index (χ0) is 23.4. The molecule has 1 N–H and O–H groups in total. The number of hydrogen-bond acceptors (Lipinski definition) is 10. The predicted octanol–water partition coefficient (Wildman–Crippen LogP) is 5.06. The van der Waals surface area contributed by atoms with E-state index >= 15 is 0 Å². The maximum atomic E-state index is 11.5. The summed E-state index contributed by atoms with van der Waals surface area (Å²) in [6.07, 6.45) is 2.55. The Labute approximate surface area is 195 Å². The Bertz CT molecular complexity index is 1280. The molecule has 4 aromatic rings. The van der Waals surface area contributed by atoms with Crippen LogP contribution in [0, 0.1) is 10.1 Å². The molecule has 33 heavy (non-hydrogen) atoms. The fourth-order valence-corrected chi connectivity index (χ4v) is 3.14. The van der Waals surface area contributed by atoms with Crippen molar-refractivity contribution in [1.29, 1.82) is 0 Å². The van der Waals surface area contributed by atoms with Crippen molar-refractivity contribution in [1.82, 2.24) is 15.1 Å². The van der Waals surface area contributed by atoms with Crippen LogP contribution in [0.4, 0.5) is 5.69 Å². The molecule has 0 fully saturated rings. The van der Waals surface area contributed by atoms with E-state index in [1.807, 2.05) is 18.2 Å². The number of hydrogen-bond donors (Lipinski definition) is 1. The van der Waals surface area contributed by atoms with Crippen LogP contribution >= 0.6 is 23.7 Å². The molecule has 0 amide bonds. The van der Waals surface area contributed by atoms with E-state index < -0.39 is 16.4 Å². The van der Waals surface area contributed by atoms with Crippen molar-refractivity contribution in [2.24, 2.45) is 0 Å². The van der Waals surface area contributed by atoms with E-state index in [0.29, 0.717) is 0 Å². The van der Waals surface area contributed by atoms with Crippen LogP contribution < -0.4 is 13.3 Å². The Hall–Kier alpha value is -4.09. The third-order valence-electron chi connectivity index (χ3n) is 4.43. The normalized spacial score (nSPS) is 10.6. The lowest BCUT2D eigenvalue weighted by atomic mass is 10.1. The molecule has 0 aliphatic heterocycles. The van der Waals surface area contributed by atoms with Crippen molar-refractivity contribution in [3.63, 3.8) is 0 Å². The largest absolute Gasteiger partial charge is 0.500 e. The predicted molar refractivity (Wildman–Crippen MR) is 115 cm³/mol. The topological polar surface area (TPSA) is 143 Å². The van der Waals surface area contributed by atoms with E-state index in [1.165, 1.54) is 18.5 Å². The van der Waals surface area contributed by atoms with Crippen LogP contribution in [0.2, 0.25) is 0 Å². The molecular formula is C20H12Cl2N4O7. The summed E-state index contributed by atoms with van der Waals surface area (Å²) in [6, 6.07) is 11.5. The summed E-state index contributed by atoms with van der Waals surface area (Å²) in [5, 5.41) is 25.6. The van der Waals surface area contributed by atoms with Gasteiger partial charge >= 0.3 is 5.69 Å². The molecule has 11 nitrogen and oxygen atoms in total. The number of halogens is 2. The molecule has 2 heterocycles. The van der Waals surface area contributed by atoms with Gasteiger partial charge in [0.05, 0.1) is 22.9 Å². The molecule has 0 atom stereocenters. The quantitative estimate of drug-likeness (QED) is 0.263. The van der Waals surface area contributed by atoms with Crippen LogP contribution in [-0.2, 0) is 6.61 Å². The number of nitro benzene ring substituents is 1. The van der Waals surface area contributed by atoms with Crippen LogP contribution in [0.5, 0.6) is 23.0 Å². The van der Waals surface area contributed by atoms with Crippen LogP contribution in [0.3, 0.4) is 0 Å². The first-order valence-corrected chi connectivity index (χ1v) is 9.71. The van der Waals surface area contributed by atoms with Gasteiger partial charge in [0.15, 0.2) is 17.2 Å². The number of nitrogens with zero attached hydrogens (tertiary/aromatic N) is 4. The smallest absolute Gasteiger partial charge is 0.315 e. The fraction of sp³-hybridized carbons (Fsp3) is 0.0500. The van der Waals surface area contributed by atoms with Crippen molar-refractivity contribution in [2.45, 2.75) is 6.61 Å². The highest BCUT2D eigenvalue weighted by Gasteiger charge is 2.25. The maximum Gasteiger partial charge on any atom is 0.315 e. The monoisotopic (exact) mass is 490 g/mol. The summed E-state index contributed by atoms with van der Waals surface area (Å²) in [7, 11) is 0. The first-order valence-electron chi connectivity index (χ1n) is 9.09. The SMILES string of the molecule is O=[N+]([O-])c1cc(-c2nc(-c3c(OCl)cncc3OCl)no2)cc(OCc2ccccc2)c1O. The van der Waals surface area contributed by atoms with E-state index in [-0.39, 0.29) is 46.7 Å². The van der Waals surface area contributed by atoms with E-state index in [0.717, 1.165) is 11.6 Å². The number of phenols is 1. The molecule has 2 aromatic heterocycles. The molecule has 13 heteroatoms. The van der Waals surface area contributed by atoms with Gasteiger partial charge in [-0.05, 0) is 11.6 Å². The number of rotatable bonds is 8. The molecule has 0 aliphatic rings. The van der Waals surface area contributed by atoms with Crippen molar-refractivity contribution >= 4 is 29.4 Å². The second-order valence-electron chi connectivity index (χ2n) is 6.46. The van der Waals surface area contributed by atoms with Gasteiger partial charge in [0, 0.05) is 6.07 Å². The van der Waals surface area contributed by atoms with Gasteiger partial charge in [-0.2, -0.15) is 4.98 Å². The molecule has 0 unspecified atom stereocenters. The van der Waals surface area contributed by atoms with Crippen molar-refractivity contribution in [3.8, 4) is 45.8 Å². The zero-order valence-electron chi connectivity index (χ0n) is 16.3. The summed E-state index contributed by atoms with van der Waals surface area (Å²) in [4.78, 5) is 18.8. The van der Waals surface area contributed by atoms with Crippen LogP contribution in [0.15, 0.2) is 59.4 Å². The number of benzene rings is 2. The Morgan fingerprint density at radius 1 is 1.06 bits per heavy atom. The minimum atomic E-state index is -0.757. The number of pyridine rings is 1. The molecule has 168 valence electrons. The lowest BCUT2D eigenvalue weighted by Crippen LogP contribution is -1.98. The van der Waals surface area contributed by atoms with Gasteiger partial charge in [0.1, 0.15) is 35.9 Å². The molecule has 0 aliphatic carbocycles. The molecule has 0 radical (unpaired) electrons. The molecule has 0 saturated carbocycles. The van der Waals surface area contributed by atoms with Gasteiger partial charge < -0.3 is 22.9 Å². The Balaban J connectivity index is 1.74. The van der Waals surface area contributed by atoms with Gasteiger partial charge in [-0.3, -0.25) is 15.1 Å². The molecular weight excluding hydrogens is 479 g/mol. The zero-order valence-corrected chi connectivity index (χ0v) is 17.9. The van der Waals surface area contributed by atoms with Gasteiger partial charge in [0.2, 0.25) is 11.6 Å². The Morgan fingerprint density at radius 3 is 2.39 bits per heavy atom. The Kier molecular flexibility index (Phi) is 6.43. The number of aromatic hydroxyl groups is 1. The third kappa shape index (κ3) is 4.59. The molecule has 4 rings (SSSR count). The van der Waals surface area contributed by atoms with Crippen molar-refractivity contribution < 1.29 is 27.9 Å². The third-order valence-corrected chi connectivity index (χ3v) is 4.76. The van der Waals surface area contributed by atoms with Crippen LogP contribution in [0.1, 0.15) is 5.56 Å². The standard InChI is InChI=1S/C20H12Cl2N4O7/c21-31-15-8-23-9-16(32-22)17(15)19-24-20(33-25-19)12-6-13(26(28)29)18(27)14(7-12)30-10-11-4-2-1-3-5-11/h1-9,27H,10H2. The lowest BCUT2D eigenvalue weighted by molar-refractivity contribution is -0.385. The van der Waals surface area contributed by atoms with E-state index in [2.05, 4.69) is 15.1 Å². The second-order valence-corrected chi connectivity index (χ2v) is 6.77. The van der Waals surface area contributed by atoms with E-state index in [9.17, 15) is 15.2 Å². The highest BCUT2D eigenvalue weighted by molar-refractivity contribution is 6.10.